The standard InChI is InChI=1S/C18H21ClN2/c1-13(14-7-9-17(19)10-8-14)21-12-16-5-2-4-15-6-3-11-20-18(15)16/h2,4-5,7-10,13,20-21H,3,6,11-12H2,1H3/t13-/m0/s1. The van der Waals surface area contributed by atoms with Gasteiger partial charge in [0.2, 0.25) is 0 Å². The number of anilines is 1. The molecule has 21 heavy (non-hydrogen) atoms. The molecule has 0 aromatic heterocycles. The molecule has 110 valence electrons. The molecule has 1 aliphatic heterocycles. The molecular formula is C18H21ClN2. The van der Waals surface area contributed by atoms with Gasteiger partial charge in [-0.05, 0) is 48.6 Å². The molecule has 0 aliphatic carbocycles. The zero-order valence-electron chi connectivity index (χ0n) is 12.3. The predicted molar refractivity (Wildman–Crippen MR) is 90.0 cm³/mol. The van der Waals surface area contributed by atoms with Crippen molar-refractivity contribution in [3.63, 3.8) is 0 Å². The number of rotatable bonds is 4. The van der Waals surface area contributed by atoms with Crippen LogP contribution in [0, 0.1) is 0 Å². The Morgan fingerprint density at radius 2 is 2.00 bits per heavy atom. The van der Waals surface area contributed by atoms with Crippen molar-refractivity contribution in [3.8, 4) is 0 Å². The first-order chi connectivity index (χ1) is 10.2. The molecular weight excluding hydrogens is 280 g/mol. The van der Waals surface area contributed by atoms with Crippen LogP contribution in [0.2, 0.25) is 5.02 Å². The highest BCUT2D eigenvalue weighted by Crippen LogP contribution is 2.26. The Labute approximate surface area is 131 Å². The van der Waals surface area contributed by atoms with E-state index in [0.29, 0.717) is 6.04 Å². The molecule has 1 atom stereocenters. The summed E-state index contributed by atoms with van der Waals surface area (Å²) in [5.41, 5.74) is 5.39. The van der Waals surface area contributed by atoms with Crippen LogP contribution < -0.4 is 10.6 Å². The van der Waals surface area contributed by atoms with Gasteiger partial charge < -0.3 is 10.6 Å². The smallest absolute Gasteiger partial charge is 0.0418 e. The van der Waals surface area contributed by atoms with Gasteiger partial charge >= 0.3 is 0 Å². The summed E-state index contributed by atoms with van der Waals surface area (Å²) in [6, 6.07) is 15.0. The summed E-state index contributed by atoms with van der Waals surface area (Å²) in [6.45, 7) is 4.14. The molecule has 0 bridgehead atoms. The van der Waals surface area contributed by atoms with Crippen molar-refractivity contribution in [2.24, 2.45) is 0 Å². The van der Waals surface area contributed by atoms with Crippen LogP contribution in [0.4, 0.5) is 5.69 Å². The van der Waals surface area contributed by atoms with E-state index in [1.807, 2.05) is 12.1 Å². The summed E-state index contributed by atoms with van der Waals surface area (Å²) in [5.74, 6) is 0. The Hall–Kier alpha value is -1.51. The maximum atomic E-state index is 5.94. The summed E-state index contributed by atoms with van der Waals surface area (Å²) in [6.07, 6.45) is 2.41. The van der Waals surface area contributed by atoms with Gasteiger partial charge in [-0.1, -0.05) is 41.9 Å². The Kier molecular flexibility index (Phi) is 4.47. The van der Waals surface area contributed by atoms with E-state index >= 15 is 0 Å². The third-order valence-electron chi connectivity index (χ3n) is 4.13. The Morgan fingerprint density at radius 3 is 2.81 bits per heavy atom. The van der Waals surface area contributed by atoms with Gasteiger partial charge in [0.05, 0.1) is 0 Å². The van der Waals surface area contributed by atoms with E-state index in [4.69, 9.17) is 11.6 Å². The normalized spacial score (nSPS) is 15.1. The summed E-state index contributed by atoms with van der Waals surface area (Å²) < 4.78 is 0. The molecule has 3 heteroatoms. The predicted octanol–water partition coefficient (Wildman–Crippen LogP) is 4.55. The van der Waals surface area contributed by atoms with E-state index in [-0.39, 0.29) is 0 Å². The molecule has 0 fully saturated rings. The first-order valence-corrected chi connectivity index (χ1v) is 7.95. The molecule has 0 saturated carbocycles. The molecule has 0 unspecified atom stereocenters. The van der Waals surface area contributed by atoms with Crippen LogP contribution in [0.3, 0.4) is 0 Å². The van der Waals surface area contributed by atoms with Gasteiger partial charge in [0.1, 0.15) is 0 Å². The van der Waals surface area contributed by atoms with Gasteiger partial charge in [0, 0.05) is 29.8 Å². The highest BCUT2D eigenvalue weighted by Gasteiger charge is 2.13. The second-order valence-electron chi connectivity index (χ2n) is 5.64. The number of benzene rings is 2. The maximum Gasteiger partial charge on any atom is 0.0418 e. The Balaban J connectivity index is 1.69. The number of para-hydroxylation sites is 1. The summed E-state index contributed by atoms with van der Waals surface area (Å²) in [5, 5.41) is 7.93. The fourth-order valence-corrected chi connectivity index (χ4v) is 2.99. The third kappa shape index (κ3) is 3.39. The number of fused-ring (bicyclic) bond motifs is 1. The molecule has 0 saturated heterocycles. The molecule has 2 aromatic rings. The number of hydrogen-bond donors (Lipinski definition) is 2. The van der Waals surface area contributed by atoms with Crippen molar-refractivity contribution in [1.82, 2.24) is 5.32 Å². The lowest BCUT2D eigenvalue weighted by molar-refractivity contribution is 0.574. The van der Waals surface area contributed by atoms with Crippen LogP contribution >= 0.6 is 11.6 Å². The minimum Gasteiger partial charge on any atom is -0.385 e. The fourth-order valence-electron chi connectivity index (χ4n) is 2.86. The number of halogens is 1. The van der Waals surface area contributed by atoms with Gasteiger partial charge in [-0.2, -0.15) is 0 Å². The zero-order chi connectivity index (χ0) is 14.7. The monoisotopic (exact) mass is 300 g/mol. The molecule has 1 aliphatic rings. The quantitative estimate of drug-likeness (QED) is 0.865. The highest BCUT2D eigenvalue weighted by molar-refractivity contribution is 6.30. The van der Waals surface area contributed by atoms with Crippen molar-refractivity contribution in [2.45, 2.75) is 32.4 Å². The number of hydrogen-bond acceptors (Lipinski definition) is 2. The fraction of sp³-hybridized carbons (Fsp3) is 0.333. The van der Waals surface area contributed by atoms with E-state index in [2.05, 4.69) is 47.9 Å². The molecule has 2 aromatic carbocycles. The van der Waals surface area contributed by atoms with E-state index in [1.165, 1.54) is 35.2 Å². The Morgan fingerprint density at radius 1 is 1.19 bits per heavy atom. The molecule has 3 rings (SSSR count). The van der Waals surface area contributed by atoms with Crippen LogP contribution in [0.25, 0.3) is 0 Å². The van der Waals surface area contributed by atoms with E-state index in [9.17, 15) is 0 Å². The van der Waals surface area contributed by atoms with Crippen LogP contribution in [0.5, 0.6) is 0 Å². The lowest BCUT2D eigenvalue weighted by Gasteiger charge is -2.22. The van der Waals surface area contributed by atoms with Gasteiger partial charge in [-0.3, -0.25) is 0 Å². The van der Waals surface area contributed by atoms with Crippen LogP contribution in [0.15, 0.2) is 42.5 Å². The zero-order valence-corrected chi connectivity index (χ0v) is 13.1. The molecule has 0 radical (unpaired) electrons. The number of nitrogens with one attached hydrogen (secondary N) is 2. The van der Waals surface area contributed by atoms with E-state index in [1.54, 1.807) is 0 Å². The van der Waals surface area contributed by atoms with Gasteiger partial charge in [0.25, 0.3) is 0 Å². The van der Waals surface area contributed by atoms with E-state index < -0.39 is 0 Å². The maximum absolute atomic E-state index is 5.94. The molecule has 1 heterocycles. The van der Waals surface area contributed by atoms with E-state index in [0.717, 1.165) is 18.1 Å². The van der Waals surface area contributed by atoms with Crippen LogP contribution in [-0.4, -0.2) is 6.54 Å². The average Bonchev–Trinajstić information content (AvgIpc) is 2.53. The SMILES string of the molecule is C[C@H](NCc1cccc2c1NCCC2)c1ccc(Cl)cc1. The third-order valence-corrected chi connectivity index (χ3v) is 4.38. The van der Waals surface area contributed by atoms with Crippen molar-refractivity contribution in [1.29, 1.82) is 0 Å². The summed E-state index contributed by atoms with van der Waals surface area (Å²) in [4.78, 5) is 0. The largest absolute Gasteiger partial charge is 0.385 e. The molecule has 0 spiro atoms. The first kappa shape index (κ1) is 14.4. The van der Waals surface area contributed by atoms with Crippen molar-refractivity contribution in [2.75, 3.05) is 11.9 Å². The molecule has 2 N–H and O–H groups in total. The van der Waals surface area contributed by atoms with Crippen molar-refractivity contribution < 1.29 is 0 Å². The second kappa shape index (κ2) is 6.50. The lowest BCUT2D eigenvalue weighted by Crippen LogP contribution is -2.21. The lowest BCUT2D eigenvalue weighted by atomic mass is 9.99. The summed E-state index contributed by atoms with van der Waals surface area (Å²) >= 11 is 5.94. The van der Waals surface area contributed by atoms with Crippen LogP contribution in [0.1, 0.15) is 36.1 Å². The molecule has 0 amide bonds. The summed E-state index contributed by atoms with van der Waals surface area (Å²) in [7, 11) is 0. The topological polar surface area (TPSA) is 24.1 Å². The Bertz CT molecular complexity index is 607. The second-order valence-corrected chi connectivity index (χ2v) is 6.07. The highest BCUT2D eigenvalue weighted by atomic mass is 35.5. The van der Waals surface area contributed by atoms with Crippen molar-refractivity contribution in [3.05, 3.63) is 64.2 Å². The van der Waals surface area contributed by atoms with Crippen LogP contribution in [-0.2, 0) is 13.0 Å². The van der Waals surface area contributed by atoms with Gasteiger partial charge in [0.15, 0.2) is 0 Å². The first-order valence-electron chi connectivity index (χ1n) is 7.57. The van der Waals surface area contributed by atoms with Gasteiger partial charge in [-0.15, -0.1) is 0 Å². The minimum absolute atomic E-state index is 0.307. The number of aryl methyl sites for hydroxylation is 1. The average molecular weight is 301 g/mol. The van der Waals surface area contributed by atoms with Gasteiger partial charge in [-0.25, -0.2) is 0 Å². The minimum atomic E-state index is 0.307. The van der Waals surface area contributed by atoms with Crippen molar-refractivity contribution >= 4 is 17.3 Å². The molecule has 2 nitrogen and oxygen atoms in total.